The van der Waals surface area contributed by atoms with Crippen LogP contribution in [0, 0.1) is 9.39 Å². The Kier molecular flexibility index (Phi) is 5.26. The number of anilines is 1. The Morgan fingerprint density at radius 2 is 2.15 bits per heavy atom. The van der Waals surface area contributed by atoms with Gasteiger partial charge in [-0.1, -0.05) is 18.5 Å². The molecule has 6 heteroatoms. The Morgan fingerprint density at radius 1 is 1.40 bits per heavy atom. The number of rotatable bonds is 5. The smallest absolute Gasteiger partial charge is 0.124 e. The molecule has 2 rings (SSSR count). The van der Waals surface area contributed by atoms with Crippen LogP contribution in [-0.2, 0) is 19.5 Å². The van der Waals surface area contributed by atoms with E-state index in [1.807, 2.05) is 18.5 Å². The number of hydrogen-bond acceptors (Lipinski definition) is 2. The molecule has 0 aliphatic carbocycles. The quantitative estimate of drug-likeness (QED) is 0.741. The van der Waals surface area contributed by atoms with Crippen molar-refractivity contribution in [3.63, 3.8) is 0 Å². The van der Waals surface area contributed by atoms with E-state index in [1.54, 1.807) is 6.07 Å². The van der Waals surface area contributed by atoms with Crippen molar-refractivity contribution < 1.29 is 4.39 Å². The fourth-order valence-corrected chi connectivity index (χ4v) is 3.00. The highest BCUT2D eigenvalue weighted by Crippen LogP contribution is 2.24. The molecule has 0 spiro atoms. The molecule has 0 radical (unpaired) electrons. The van der Waals surface area contributed by atoms with Gasteiger partial charge in [0.25, 0.3) is 0 Å². The predicted octanol–water partition coefficient (Wildman–Crippen LogP) is 4.47. The highest BCUT2D eigenvalue weighted by Gasteiger charge is 2.14. The van der Waals surface area contributed by atoms with Crippen molar-refractivity contribution in [3.05, 3.63) is 44.0 Å². The molecule has 3 nitrogen and oxygen atoms in total. The molecule has 108 valence electrons. The third-order valence-corrected chi connectivity index (χ3v) is 4.40. The van der Waals surface area contributed by atoms with Crippen LogP contribution in [0.4, 0.5) is 10.1 Å². The maximum Gasteiger partial charge on any atom is 0.124 e. The predicted molar refractivity (Wildman–Crippen MR) is 88.7 cm³/mol. The number of halogens is 3. The summed E-state index contributed by atoms with van der Waals surface area (Å²) in [6.45, 7) is 5.42. The Balaban J connectivity index is 2.20. The number of nitrogens with zero attached hydrogens (tertiary/aromatic N) is 2. The molecule has 0 saturated heterocycles. The zero-order valence-electron chi connectivity index (χ0n) is 11.4. The molecular formula is C14H16ClFIN3. The minimum absolute atomic E-state index is 0.232. The lowest BCUT2D eigenvalue weighted by Crippen LogP contribution is -2.09. The maximum atomic E-state index is 13.1. The van der Waals surface area contributed by atoms with Gasteiger partial charge >= 0.3 is 0 Å². The summed E-state index contributed by atoms with van der Waals surface area (Å²) in [5, 5.41) is 8.49. The van der Waals surface area contributed by atoms with Crippen molar-refractivity contribution in [3.8, 4) is 0 Å². The van der Waals surface area contributed by atoms with E-state index in [0.29, 0.717) is 6.54 Å². The largest absolute Gasteiger partial charge is 0.378 e. The van der Waals surface area contributed by atoms with Crippen molar-refractivity contribution in [2.75, 3.05) is 5.32 Å². The van der Waals surface area contributed by atoms with Gasteiger partial charge in [0.15, 0.2) is 0 Å². The van der Waals surface area contributed by atoms with Gasteiger partial charge in [-0.25, -0.2) is 4.39 Å². The molecule has 2 aromatic rings. The van der Waals surface area contributed by atoms with Crippen LogP contribution in [0.5, 0.6) is 0 Å². The molecule has 20 heavy (non-hydrogen) atoms. The Labute approximate surface area is 136 Å². The number of aryl methyl sites for hydroxylation is 2. The summed E-state index contributed by atoms with van der Waals surface area (Å²) in [5.41, 5.74) is 2.77. The Bertz CT molecular complexity index is 613. The zero-order chi connectivity index (χ0) is 14.7. The third-order valence-electron chi connectivity index (χ3n) is 3.07. The minimum Gasteiger partial charge on any atom is -0.378 e. The van der Waals surface area contributed by atoms with Gasteiger partial charge in [0.05, 0.1) is 23.0 Å². The first-order chi connectivity index (χ1) is 9.56. The molecule has 0 amide bonds. The Hall–Kier alpha value is -0.820. The van der Waals surface area contributed by atoms with Crippen LogP contribution in [0.3, 0.4) is 0 Å². The van der Waals surface area contributed by atoms with Crippen LogP contribution in [0.15, 0.2) is 18.2 Å². The normalized spacial score (nSPS) is 10.8. The van der Waals surface area contributed by atoms with E-state index in [2.05, 4.69) is 33.0 Å². The van der Waals surface area contributed by atoms with E-state index in [-0.39, 0.29) is 5.82 Å². The van der Waals surface area contributed by atoms with Gasteiger partial charge in [-0.3, -0.25) is 4.68 Å². The van der Waals surface area contributed by atoms with Gasteiger partial charge in [-0.15, -0.1) is 0 Å². The molecule has 0 aliphatic heterocycles. The van der Waals surface area contributed by atoms with Crippen LogP contribution in [0.1, 0.15) is 25.2 Å². The third kappa shape index (κ3) is 3.25. The summed E-state index contributed by atoms with van der Waals surface area (Å²) in [6.07, 6.45) is 0.812. The molecule has 1 aromatic heterocycles. The summed E-state index contributed by atoms with van der Waals surface area (Å²) in [5.74, 6) is -0.232. The molecule has 0 atom stereocenters. The minimum atomic E-state index is -0.232. The number of nitrogens with one attached hydrogen (secondary N) is 1. The number of hydrogen-bond donors (Lipinski definition) is 1. The van der Waals surface area contributed by atoms with E-state index < -0.39 is 0 Å². The van der Waals surface area contributed by atoms with Gasteiger partial charge in [-0.2, -0.15) is 5.10 Å². The SMILES string of the molecule is CCc1nn(CC)c(CNc2ccc(F)cc2I)c1Cl. The molecule has 0 aliphatic rings. The van der Waals surface area contributed by atoms with Crippen molar-refractivity contribution >= 4 is 39.9 Å². The highest BCUT2D eigenvalue weighted by molar-refractivity contribution is 14.1. The Morgan fingerprint density at radius 3 is 2.75 bits per heavy atom. The van der Waals surface area contributed by atoms with Gasteiger partial charge in [0, 0.05) is 15.8 Å². The second kappa shape index (κ2) is 6.76. The van der Waals surface area contributed by atoms with E-state index in [0.717, 1.165) is 38.6 Å². The van der Waals surface area contributed by atoms with E-state index in [1.165, 1.54) is 12.1 Å². The van der Waals surface area contributed by atoms with E-state index in [4.69, 9.17) is 11.6 Å². The van der Waals surface area contributed by atoms with Gasteiger partial charge < -0.3 is 5.32 Å². The monoisotopic (exact) mass is 407 g/mol. The summed E-state index contributed by atoms with van der Waals surface area (Å²) >= 11 is 8.46. The molecule has 1 aromatic carbocycles. The maximum absolute atomic E-state index is 13.1. The lowest BCUT2D eigenvalue weighted by atomic mass is 10.2. The van der Waals surface area contributed by atoms with Crippen molar-refractivity contribution in [2.24, 2.45) is 0 Å². The van der Waals surface area contributed by atoms with Crippen LogP contribution in [-0.4, -0.2) is 9.78 Å². The summed E-state index contributed by atoms with van der Waals surface area (Å²) < 4.78 is 15.8. The van der Waals surface area contributed by atoms with Crippen LogP contribution >= 0.6 is 34.2 Å². The topological polar surface area (TPSA) is 29.9 Å². The standard InChI is InChI=1S/C14H16ClFIN3/c1-3-11-14(15)13(20(4-2)19-11)8-18-12-6-5-9(16)7-10(12)17/h5-7,18H,3-4,8H2,1-2H3. The second-order valence-electron chi connectivity index (χ2n) is 4.35. The molecule has 1 N–H and O–H groups in total. The highest BCUT2D eigenvalue weighted by atomic mass is 127. The summed E-state index contributed by atoms with van der Waals surface area (Å²) in [7, 11) is 0. The molecule has 0 fully saturated rings. The van der Waals surface area contributed by atoms with Crippen LogP contribution < -0.4 is 5.32 Å². The van der Waals surface area contributed by atoms with Crippen molar-refractivity contribution in [2.45, 2.75) is 33.4 Å². The average Bonchev–Trinajstić information content (AvgIpc) is 2.74. The van der Waals surface area contributed by atoms with Crippen molar-refractivity contribution in [1.82, 2.24) is 9.78 Å². The number of aromatic nitrogens is 2. The summed E-state index contributed by atoms with van der Waals surface area (Å²) in [4.78, 5) is 0. The summed E-state index contributed by atoms with van der Waals surface area (Å²) in [6, 6.07) is 4.68. The second-order valence-corrected chi connectivity index (χ2v) is 5.89. The average molecular weight is 408 g/mol. The number of benzene rings is 1. The molecule has 1 heterocycles. The first-order valence-electron chi connectivity index (χ1n) is 6.49. The van der Waals surface area contributed by atoms with E-state index in [9.17, 15) is 4.39 Å². The first-order valence-corrected chi connectivity index (χ1v) is 7.95. The van der Waals surface area contributed by atoms with Crippen molar-refractivity contribution in [1.29, 1.82) is 0 Å². The van der Waals surface area contributed by atoms with Gasteiger partial charge in [-0.05, 0) is 54.1 Å². The molecule has 0 bridgehead atoms. The van der Waals surface area contributed by atoms with Crippen LogP contribution in [0.2, 0.25) is 5.02 Å². The van der Waals surface area contributed by atoms with Gasteiger partial charge in [0.1, 0.15) is 5.82 Å². The fraction of sp³-hybridized carbons (Fsp3) is 0.357. The van der Waals surface area contributed by atoms with Gasteiger partial charge in [0.2, 0.25) is 0 Å². The first kappa shape index (κ1) is 15.6. The molecule has 0 unspecified atom stereocenters. The molecule has 0 saturated carbocycles. The zero-order valence-corrected chi connectivity index (χ0v) is 14.3. The lowest BCUT2D eigenvalue weighted by molar-refractivity contribution is 0.618. The lowest BCUT2D eigenvalue weighted by Gasteiger charge is -2.10. The van der Waals surface area contributed by atoms with E-state index >= 15 is 0 Å². The van der Waals surface area contributed by atoms with Crippen LogP contribution in [0.25, 0.3) is 0 Å². The molecular weight excluding hydrogens is 392 g/mol. The fourth-order valence-electron chi connectivity index (χ4n) is 2.00.